The van der Waals surface area contributed by atoms with Crippen LogP contribution in [0.2, 0.25) is 0 Å². The Morgan fingerprint density at radius 1 is 0.795 bits per heavy atom. The van der Waals surface area contributed by atoms with E-state index in [1.807, 2.05) is 0 Å². The molecule has 7 N–H and O–H groups in total. The molecule has 0 bridgehead atoms. The Morgan fingerprint density at radius 2 is 1.28 bits per heavy atom. The van der Waals surface area contributed by atoms with Gasteiger partial charge in [0.15, 0.2) is 5.78 Å². The monoisotopic (exact) mass is 555 g/mol. The van der Waals surface area contributed by atoms with Crippen molar-refractivity contribution in [3.8, 4) is 0 Å². The second kappa shape index (κ2) is 18.0. The van der Waals surface area contributed by atoms with Crippen LogP contribution in [0.4, 0.5) is 0 Å². The summed E-state index contributed by atoms with van der Waals surface area (Å²) in [7, 11) is 1.19. The highest BCUT2D eigenvalue weighted by molar-refractivity contribution is 5.95. The molecule has 15 nitrogen and oxygen atoms in total. The molecule has 0 fully saturated rings. The number of hydrogen-bond acceptors (Lipinski definition) is 9. The predicted molar refractivity (Wildman–Crippen MR) is 135 cm³/mol. The molecular formula is C24H37N5O10. The van der Waals surface area contributed by atoms with Gasteiger partial charge in [0.05, 0.1) is 13.2 Å². The zero-order chi connectivity index (χ0) is 30.1. The van der Waals surface area contributed by atoms with Gasteiger partial charge in [0, 0.05) is 25.8 Å². The molecule has 0 aliphatic rings. The number of carboxylic acids is 1. The first kappa shape index (κ1) is 34.7. The lowest BCUT2D eigenvalue weighted by molar-refractivity contribution is -0.138. The van der Waals surface area contributed by atoms with E-state index in [0.29, 0.717) is 0 Å². The van der Waals surface area contributed by atoms with Crippen LogP contribution in [-0.2, 0) is 43.1 Å². The molecule has 0 saturated heterocycles. The fourth-order valence-corrected chi connectivity index (χ4v) is 3.08. The van der Waals surface area contributed by atoms with Gasteiger partial charge in [0.2, 0.25) is 29.5 Å². The van der Waals surface area contributed by atoms with Gasteiger partial charge in [0.1, 0.15) is 18.1 Å². The van der Waals surface area contributed by atoms with E-state index in [1.165, 1.54) is 34.0 Å². The molecule has 4 atom stereocenters. The summed E-state index contributed by atoms with van der Waals surface area (Å²) in [6.45, 7) is 3.83. The summed E-state index contributed by atoms with van der Waals surface area (Å²) in [6, 6.07) is -4.80. The molecule has 0 heterocycles. The third kappa shape index (κ3) is 15.5. The molecule has 0 aromatic heterocycles. The Morgan fingerprint density at radius 3 is 1.72 bits per heavy atom. The van der Waals surface area contributed by atoms with Crippen LogP contribution in [0.3, 0.4) is 0 Å². The van der Waals surface area contributed by atoms with Gasteiger partial charge in [-0.05, 0) is 39.5 Å². The van der Waals surface area contributed by atoms with Gasteiger partial charge >= 0.3 is 11.9 Å². The number of hydrogen-bond donors (Lipinski definition) is 6. The number of primary amides is 1. The van der Waals surface area contributed by atoms with Crippen molar-refractivity contribution in [2.75, 3.05) is 7.11 Å². The van der Waals surface area contributed by atoms with E-state index >= 15 is 0 Å². The van der Waals surface area contributed by atoms with Gasteiger partial charge in [-0.15, -0.1) is 0 Å². The minimum absolute atomic E-state index is 0.0373. The van der Waals surface area contributed by atoms with Gasteiger partial charge in [-0.1, -0.05) is 6.08 Å². The van der Waals surface area contributed by atoms with Crippen molar-refractivity contribution in [3.05, 3.63) is 12.2 Å². The number of carbonyl (C=O) groups excluding carboxylic acids is 7. The summed E-state index contributed by atoms with van der Waals surface area (Å²) in [5.41, 5.74) is 5.18. The number of carboxylic acid groups (broad SMARTS) is 1. The van der Waals surface area contributed by atoms with E-state index < -0.39 is 72.1 Å². The van der Waals surface area contributed by atoms with Crippen LogP contribution >= 0.6 is 0 Å². The average molecular weight is 556 g/mol. The highest BCUT2D eigenvalue weighted by Crippen LogP contribution is 2.06. The zero-order valence-electron chi connectivity index (χ0n) is 22.4. The fourth-order valence-electron chi connectivity index (χ4n) is 3.08. The number of esters is 1. The highest BCUT2D eigenvalue weighted by Gasteiger charge is 2.30. The normalized spacial score (nSPS) is 13.7. The first-order valence-corrected chi connectivity index (χ1v) is 12.1. The number of ether oxygens (including phenoxy) is 1. The maximum atomic E-state index is 13.1. The molecule has 0 spiro atoms. The zero-order valence-corrected chi connectivity index (χ0v) is 22.4. The topological polar surface area (TPSA) is 240 Å². The summed E-state index contributed by atoms with van der Waals surface area (Å²) >= 11 is 0. The van der Waals surface area contributed by atoms with Crippen molar-refractivity contribution in [3.63, 3.8) is 0 Å². The van der Waals surface area contributed by atoms with Crippen molar-refractivity contribution in [2.45, 2.75) is 83.5 Å². The Labute approximate surface area is 225 Å². The van der Waals surface area contributed by atoms with Crippen LogP contribution in [0.15, 0.2) is 12.2 Å². The Bertz CT molecular complexity index is 965. The number of rotatable bonds is 18. The van der Waals surface area contributed by atoms with E-state index in [4.69, 9.17) is 10.8 Å². The van der Waals surface area contributed by atoms with Gasteiger partial charge in [-0.25, -0.2) is 4.79 Å². The second-order valence-corrected chi connectivity index (χ2v) is 8.66. The predicted octanol–water partition coefficient (Wildman–Crippen LogP) is -1.81. The van der Waals surface area contributed by atoms with E-state index in [1.54, 1.807) is 0 Å². The molecule has 0 aromatic carbocycles. The number of amides is 5. The maximum absolute atomic E-state index is 13.1. The van der Waals surface area contributed by atoms with Crippen LogP contribution in [0, 0.1) is 0 Å². The first-order chi connectivity index (χ1) is 18.2. The summed E-state index contributed by atoms with van der Waals surface area (Å²) in [4.78, 5) is 95.4. The smallest absolute Gasteiger partial charge is 0.330 e. The fraction of sp³-hybridized carbons (Fsp3) is 0.583. The van der Waals surface area contributed by atoms with Gasteiger partial charge < -0.3 is 36.8 Å². The molecule has 0 saturated carbocycles. The van der Waals surface area contributed by atoms with Crippen LogP contribution < -0.4 is 27.0 Å². The summed E-state index contributed by atoms with van der Waals surface area (Å²) < 4.78 is 4.47. The number of carbonyl (C=O) groups is 8. The molecule has 0 aromatic rings. The lowest BCUT2D eigenvalue weighted by Crippen LogP contribution is -2.57. The number of methoxy groups -OCH3 is 1. The SMILES string of the molecule is COC(=O)/C=C/CCC(NC(C)=O)C(=O)N[C@@H](CCC(N)=O)C(=O)N[C@@H](CCC(=O)O)C(=O)N[C@@H](C)C(C)=O. The van der Waals surface area contributed by atoms with Crippen LogP contribution in [-0.4, -0.2) is 83.6 Å². The molecule has 0 aliphatic carbocycles. The highest BCUT2D eigenvalue weighted by atomic mass is 16.5. The minimum atomic E-state index is -1.39. The average Bonchev–Trinajstić information content (AvgIpc) is 2.84. The third-order valence-corrected chi connectivity index (χ3v) is 5.33. The largest absolute Gasteiger partial charge is 0.481 e. The van der Waals surface area contributed by atoms with Crippen molar-refractivity contribution < 1.29 is 48.2 Å². The molecule has 218 valence electrons. The molecule has 5 amide bonds. The summed E-state index contributed by atoms with van der Waals surface area (Å²) in [5.74, 6) is -6.07. The second-order valence-electron chi connectivity index (χ2n) is 8.66. The molecule has 15 heteroatoms. The standard InChI is InChI=1S/C24H37N5O10/c1-13(14(2)30)26-22(36)18(10-12-20(33)34)29-24(38)17(9-11-19(25)32)28-23(37)16(27-15(3)31)7-5-6-8-21(35)39-4/h6,8,13,16-18H,5,7,9-12H2,1-4H3,(H2,25,32)(H,26,36)(H,27,31)(H,28,37)(H,29,38)(H,33,34)/b8-6+/t13-,16?,17-,18-/m0/s1. The molecular weight excluding hydrogens is 518 g/mol. The number of Topliss-reactive ketones (excluding diaryl/α,β-unsaturated/α-hetero) is 1. The first-order valence-electron chi connectivity index (χ1n) is 12.1. The van der Waals surface area contributed by atoms with Gasteiger partial charge in [-0.3, -0.25) is 33.6 Å². The van der Waals surface area contributed by atoms with E-state index in [9.17, 15) is 38.4 Å². The third-order valence-electron chi connectivity index (χ3n) is 5.33. The lowest BCUT2D eigenvalue weighted by atomic mass is 10.0. The lowest BCUT2D eigenvalue weighted by Gasteiger charge is -2.25. The van der Waals surface area contributed by atoms with Gasteiger partial charge in [-0.2, -0.15) is 0 Å². The van der Waals surface area contributed by atoms with Crippen LogP contribution in [0.25, 0.3) is 0 Å². The van der Waals surface area contributed by atoms with Crippen LogP contribution in [0.1, 0.15) is 59.3 Å². The van der Waals surface area contributed by atoms with Crippen molar-refractivity contribution in [2.24, 2.45) is 5.73 Å². The summed E-state index contributed by atoms with van der Waals surface area (Å²) in [6.07, 6.45) is 1.38. The quantitative estimate of drug-likeness (QED) is 0.0818. The molecule has 0 aliphatic heterocycles. The molecule has 1 unspecified atom stereocenters. The van der Waals surface area contributed by atoms with E-state index in [-0.39, 0.29) is 37.9 Å². The van der Waals surface area contributed by atoms with Crippen LogP contribution in [0.5, 0.6) is 0 Å². The number of ketones is 1. The van der Waals surface area contributed by atoms with E-state index in [0.717, 1.165) is 6.08 Å². The van der Waals surface area contributed by atoms with Crippen molar-refractivity contribution in [1.82, 2.24) is 21.3 Å². The molecule has 0 radical (unpaired) electrons. The van der Waals surface area contributed by atoms with Gasteiger partial charge in [0.25, 0.3) is 0 Å². The Kier molecular flexibility index (Phi) is 16.0. The molecule has 39 heavy (non-hydrogen) atoms. The van der Waals surface area contributed by atoms with Crippen molar-refractivity contribution >= 4 is 47.3 Å². The number of nitrogens with two attached hydrogens (primary N) is 1. The minimum Gasteiger partial charge on any atom is -0.481 e. The Hall–Kier alpha value is -4.30. The number of aliphatic carboxylic acids is 1. The van der Waals surface area contributed by atoms with Crippen molar-refractivity contribution in [1.29, 1.82) is 0 Å². The number of allylic oxidation sites excluding steroid dienone is 1. The Balaban J connectivity index is 5.74. The molecule has 0 rings (SSSR count). The maximum Gasteiger partial charge on any atom is 0.330 e. The van der Waals surface area contributed by atoms with E-state index in [2.05, 4.69) is 26.0 Å². The summed E-state index contributed by atoms with van der Waals surface area (Å²) in [5, 5.41) is 18.6. The number of nitrogens with one attached hydrogen (secondary N) is 4.